The second-order valence-electron chi connectivity index (χ2n) is 7.70. The Balaban J connectivity index is 1.71. The number of ether oxygens (including phenoxy) is 1. The number of fused-ring (bicyclic) bond motifs is 2. The van der Waals surface area contributed by atoms with Crippen LogP contribution in [0.2, 0.25) is 0 Å². The van der Waals surface area contributed by atoms with Gasteiger partial charge in [0, 0.05) is 29.8 Å². The van der Waals surface area contributed by atoms with Gasteiger partial charge in [-0.15, -0.1) is 0 Å². The average Bonchev–Trinajstić information content (AvgIpc) is 2.75. The SMILES string of the molecule is CC(C)(C)OC(=O)N1C2CCC1CC(C(=O)c1cncc(F)c1)C2. The fourth-order valence-electron chi connectivity index (χ4n) is 3.79. The molecule has 1 amide bonds. The van der Waals surface area contributed by atoms with E-state index in [0.29, 0.717) is 18.4 Å². The molecule has 6 heteroatoms. The Labute approximate surface area is 141 Å². The predicted octanol–water partition coefficient (Wildman–Crippen LogP) is 3.58. The van der Waals surface area contributed by atoms with Crippen molar-refractivity contribution in [3.8, 4) is 0 Å². The lowest BCUT2D eigenvalue weighted by Gasteiger charge is -2.39. The quantitative estimate of drug-likeness (QED) is 0.776. The minimum Gasteiger partial charge on any atom is -0.444 e. The van der Waals surface area contributed by atoms with E-state index >= 15 is 0 Å². The normalized spacial score (nSPS) is 26.3. The van der Waals surface area contributed by atoms with Crippen molar-refractivity contribution in [1.82, 2.24) is 9.88 Å². The summed E-state index contributed by atoms with van der Waals surface area (Å²) in [6, 6.07) is 1.28. The molecule has 2 saturated heterocycles. The molecular weight excluding hydrogens is 311 g/mol. The molecule has 130 valence electrons. The van der Waals surface area contributed by atoms with E-state index in [1.54, 1.807) is 4.90 Å². The van der Waals surface area contributed by atoms with Crippen LogP contribution in [0.15, 0.2) is 18.5 Å². The number of hydrogen-bond acceptors (Lipinski definition) is 4. The van der Waals surface area contributed by atoms with E-state index in [1.165, 1.54) is 12.3 Å². The third kappa shape index (κ3) is 3.42. The van der Waals surface area contributed by atoms with Crippen LogP contribution in [-0.4, -0.2) is 39.4 Å². The van der Waals surface area contributed by atoms with Gasteiger partial charge in [0.25, 0.3) is 0 Å². The van der Waals surface area contributed by atoms with Gasteiger partial charge in [-0.25, -0.2) is 9.18 Å². The first-order valence-corrected chi connectivity index (χ1v) is 8.40. The van der Waals surface area contributed by atoms with Gasteiger partial charge in [-0.05, 0) is 52.5 Å². The first-order chi connectivity index (χ1) is 11.2. The van der Waals surface area contributed by atoms with Gasteiger partial charge in [0.15, 0.2) is 5.78 Å². The number of carbonyl (C=O) groups is 2. The number of aromatic nitrogens is 1. The van der Waals surface area contributed by atoms with Gasteiger partial charge in [0.2, 0.25) is 0 Å². The van der Waals surface area contributed by atoms with Crippen molar-refractivity contribution in [2.45, 2.75) is 64.1 Å². The predicted molar refractivity (Wildman–Crippen MR) is 86.1 cm³/mol. The Bertz CT molecular complexity index is 642. The number of halogens is 1. The van der Waals surface area contributed by atoms with E-state index in [4.69, 9.17) is 4.74 Å². The third-order valence-corrected chi connectivity index (χ3v) is 4.70. The summed E-state index contributed by atoms with van der Waals surface area (Å²) in [6.07, 6.45) is 5.17. The zero-order valence-electron chi connectivity index (χ0n) is 14.3. The molecule has 0 radical (unpaired) electrons. The summed E-state index contributed by atoms with van der Waals surface area (Å²) < 4.78 is 18.8. The van der Waals surface area contributed by atoms with Crippen LogP contribution in [0.3, 0.4) is 0 Å². The molecule has 1 aromatic rings. The fourth-order valence-corrected chi connectivity index (χ4v) is 3.79. The summed E-state index contributed by atoms with van der Waals surface area (Å²) in [4.78, 5) is 30.6. The first kappa shape index (κ1) is 16.9. The van der Waals surface area contributed by atoms with E-state index < -0.39 is 11.4 Å². The molecule has 0 aromatic carbocycles. The Hall–Kier alpha value is -1.98. The number of ketones is 1. The fraction of sp³-hybridized carbons (Fsp3) is 0.611. The maximum atomic E-state index is 13.3. The van der Waals surface area contributed by atoms with E-state index in [0.717, 1.165) is 19.0 Å². The summed E-state index contributed by atoms with van der Waals surface area (Å²) >= 11 is 0. The second-order valence-corrected chi connectivity index (χ2v) is 7.70. The lowest BCUT2D eigenvalue weighted by Crippen LogP contribution is -2.49. The number of piperidine rings is 1. The number of amides is 1. The van der Waals surface area contributed by atoms with Crippen molar-refractivity contribution in [2.24, 2.45) is 5.92 Å². The van der Waals surface area contributed by atoms with Gasteiger partial charge in [0.05, 0.1) is 6.20 Å². The summed E-state index contributed by atoms with van der Waals surface area (Å²) in [6.45, 7) is 5.54. The van der Waals surface area contributed by atoms with Crippen molar-refractivity contribution in [3.63, 3.8) is 0 Å². The smallest absolute Gasteiger partial charge is 0.410 e. The van der Waals surface area contributed by atoms with Gasteiger partial charge in [-0.1, -0.05) is 0 Å². The maximum Gasteiger partial charge on any atom is 0.410 e. The third-order valence-electron chi connectivity index (χ3n) is 4.70. The van der Waals surface area contributed by atoms with Gasteiger partial charge >= 0.3 is 6.09 Å². The summed E-state index contributed by atoms with van der Waals surface area (Å²) in [7, 11) is 0. The van der Waals surface area contributed by atoms with E-state index in [1.807, 2.05) is 20.8 Å². The lowest BCUT2D eigenvalue weighted by atomic mass is 9.85. The molecule has 0 spiro atoms. The molecule has 24 heavy (non-hydrogen) atoms. The summed E-state index contributed by atoms with van der Waals surface area (Å²) in [5.41, 5.74) is -0.221. The van der Waals surface area contributed by atoms with Crippen molar-refractivity contribution in [1.29, 1.82) is 0 Å². The van der Waals surface area contributed by atoms with E-state index in [-0.39, 0.29) is 29.9 Å². The molecular formula is C18H23FN2O3. The van der Waals surface area contributed by atoms with E-state index in [9.17, 15) is 14.0 Å². The number of hydrogen-bond donors (Lipinski definition) is 0. The number of carbonyl (C=O) groups excluding carboxylic acids is 2. The number of rotatable bonds is 2. The number of nitrogens with zero attached hydrogens (tertiary/aromatic N) is 2. The second kappa shape index (κ2) is 6.15. The highest BCUT2D eigenvalue weighted by molar-refractivity contribution is 5.97. The zero-order chi connectivity index (χ0) is 17.5. The molecule has 1 aromatic heterocycles. The molecule has 0 saturated carbocycles. The zero-order valence-corrected chi connectivity index (χ0v) is 14.3. The van der Waals surface area contributed by atoms with Crippen LogP contribution in [0, 0.1) is 11.7 Å². The molecule has 2 aliphatic rings. The first-order valence-electron chi connectivity index (χ1n) is 8.40. The van der Waals surface area contributed by atoms with Crippen LogP contribution in [0.25, 0.3) is 0 Å². The highest BCUT2D eigenvalue weighted by Crippen LogP contribution is 2.40. The van der Waals surface area contributed by atoms with Crippen LogP contribution < -0.4 is 0 Å². The maximum absolute atomic E-state index is 13.3. The van der Waals surface area contributed by atoms with Gasteiger partial charge < -0.3 is 9.64 Å². The highest BCUT2D eigenvalue weighted by Gasteiger charge is 2.46. The van der Waals surface area contributed by atoms with Crippen LogP contribution in [0.5, 0.6) is 0 Å². The Morgan fingerprint density at radius 3 is 2.38 bits per heavy atom. The monoisotopic (exact) mass is 334 g/mol. The molecule has 3 rings (SSSR count). The highest BCUT2D eigenvalue weighted by atomic mass is 19.1. The molecule has 2 fully saturated rings. The van der Waals surface area contributed by atoms with Crippen molar-refractivity contribution in [2.75, 3.05) is 0 Å². The van der Waals surface area contributed by atoms with Crippen molar-refractivity contribution < 1.29 is 18.7 Å². The lowest BCUT2D eigenvalue weighted by molar-refractivity contribution is 0.00254. The van der Waals surface area contributed by atoms with Crippen LogP contribution >= 0.6 is 0 Å². The summed E-state index contributed by atoms with van der Waals surface area (Å²) in [5.74, 6) is -0.775. The van der Waals surface area contributed by atoms with Crippen LogP contribution in [0.4, 0.5) is 9.18 Å². The Morgan fingerprint density at radius 1 is 1.21 bits per heavy atom. The van der Waals surface area contributed by atoms with Crippen molar-refractivity contribution >= 4 is 11.9 Å². The Kier molecular flexibility index (Phi) is 4.32. The largest absolute Gasteiger partial charge is 0.444 e. The molecule has 2 bridgehead atoms. The molecule has 0 aliphatic carbocycles. The van der Waals surface area contributed by atoms with Gasteiger partial charge in [-0.3, -0.25) is 9.78 Å². The van der Waals surface area contributed by atoms with E-state index in [2.05, 4.69) is 4.98 Å². The number of Topliss-reactive ketones (excluding diaryl/α,β-unsaturated/α-hetero) is 1. The molecule has 2 aliphatic heterocycles. The Morgan fingerprint density at radius 2 is 1.83 bits per heavy atom. The minimum atomic E-state index is -0.531. The molecule has 3 heterocycles. The molecule has 2 unspecified atom stereocenters. The molecule has 0 N–H and O–H groups in total. The number of pyridine rings is 1. The standard InChI is InChI=1S/C18H23FN2O3/c1-18(2,3)24-17(23)21-14-4-5-15(21)8-11(7-14)16(22)12-6-13(19)10-20-9-12/h6,9-11,14-15H,4-5,7-8H2,1-3H3. The molecule has 5 nitrogen and oxygen atoms in total. The average molecular weight is 334 g/mol. The summed E-state index contributed by atoms with van der Waals surface area (Å²) in [5, 5.41) is 0. The van der Waals surface area contributed by atoms with Crippen LogP contribution in [-0.2, 0) is 4.74 Å². The minimum absolute atomic E-state index is 0.0223. The van der Waals surface area contributed by atoms with Gasteiger partial charge in [0.1, 0.15) is 11.4 Å². The van der Waals surface area contributed by atoms with Gasteiger partial charge in [-0.2, -0.15) is 0 Å². The van der Waals surface area contributed by atoms with Crippen molar-refractivity contribution in [3.05, 3.63) is 29.8 Å². The molecule has 2 atom stereocenters. The van der Waals surface area contributed by atoms with Crippen LogP contribution in [0.1, 0.15) is 56.8 Å². The topological polar surface area (TPSA) is 59.5 Å².